The quantitative estimate of drug-likeness (QED) is 0.569. The smallest absolute Gasteiger partial charge is 0.337 e. The molecule has 0 spiro atoms. The lowest BCUT2D eigenvalue weighted by atomic mass is 10.1. The molecule has 23 heavy (non-hydrogen) atoms. The number of carbonyl (C=O) groups excluding carboxylic acids is 1. The molecule has 0 bridgehead atoms. The van der Waals surface area contributed by atoms with Crippen molar-refractivity contribution in [2.75, 3.05) is 26.9 Å². The molecule has 124 valence electrons. The van der Waals surface area contributed by atoms with Crippen LogP contribution < -0.4 is 5.32 Å². The Balaban J connectivity index is 1.85. The van der Waals surface area contributed by atoms with E-state index in [0.717, 1.165) is 49.8 Å². The molecule has 1 heterocycles. The van der Waals surface area contributed by atoms with Crippen molar-refractivity contribution in [1.29, 1.82) is 0 Å². The SMILES string of the molecule is CCOCCC[NH2+]Cc1ccc(-c2ccc(C(=O)OC)cc2)o1. The number of ether oxygens (including phenoxy) is 2. The van der Waals surface area contributed by atoms with Crippen LogP contribution in [0.3, 0.4) is 0 Å². The summed E-state index contributed by atoms with van der Waals surface area (Å²) in [5.41, 5.74) is 1.48. The van der Waals surface area contributed by atoms with Gasteiger partial charge in [0, 0.05) is 18.6 Å². The zero-order chi connectivity index (χ0) is 16.5. The fourth-order valence-electron chi connectivity index (χ4n) is 2.25. The summed E-state index contributed by atoms with van der Waals surface area (Å²) in [6, 6.07) is 11.1. The van der Waals surface area contributed by atoms with E-state index in [0.29, 0.717) is 5.56 Å². The van der Waals surface area contributed by atoms with Crippen LogP contribution in [0.15, 0.2) is 40.8 Å². The van der Waals surface area contributed by atoms with E-state index in [-0.39, 0.29) is 5.97 Å². The monoisotopic (exact) mass is 318 g/mol. The van der Waals surface area contributed by atoms with Gasteiger partial charge in [0.25, 0.3) is 0 Å². The Labute approximate surface area is 136 Å². The lowest BCUT2D eigenvalue weighted by Gasteiger charge is -2.02. The highest BCUT2D eigenvalue weighted by molar-refractivity contribution is 5.89. The van der Waals surface area contributed by atoms with Gasteiger partial charge in [-0.2, -0.15) is 0 Å². The van der Waals surface area contributed by atoms with Crippen molar-refractivity contribution in [3.63, 3.8) is 0 Å². The molecular formula is C18H24NO4+. The van der Waals surface area contributed by atoms with Crippen molar-refractivity contribution < 1.29 is 24.0 Å². The van der Waals surface area contributed by atoms with Gasteiger partial charge in [0.15, 0.2) is 5.76 Å². The lowest BCUT2D eigenvalue weighted by Crippen LogP contribution is -2.82. The zero-order valence-electron chi connectivity index (χ0n) is 13.7. The third kappa shape index (κ3) is 5.23. The van der Waals surface area contributed by atoms with Crippen LogP contribution in [-0.4, -0.2) is 32.8 Å². The van der Waals surface area contributed by atoms with Crippen LogP contribution in [0.4, 0.5) is 0 Å². The third-order valence-electron chi connectivity index (χ3n) is 3.50. The number of carbonyl (C=O) groups is 1. The van der Waals surface area contributed by atoms with E-state index in [1.54, 1.807) is 12.1 Å². The highest BCUT2D eigenvalue weighted by Crippen LogP contribution is 2.22. The van der Waals surface area contributed by atoms with E-state index in [4.69, 9.17) is 9.15 Å². The van der Waals surface area contributed by atoms with Crippen LogP contribution in [0.25, 0.3) is 11.3 Å². The van der Waals surface area contributed by atoms with E-state index >= 15 is 0 Å². The molecular weight excluding hydrogens is 294 g/mol. The van der Waals surface area contributed by atoms with Gasteiger partial charge in [-0.05, 0) is 31.2 Å². The Bertz CT molecular complexity index is 604. The number of furan rings is 1. The van der Waals surface area contributed by atoms with E-state index in [2.05, 4.69) is 10.1 Å². The average Bonchev–Trinajstić information content (AvgIpc) is 3.06. The molecule has 0 saturated carbocycles. The second kappa shape index (κ2) is 9.12. The van der Waals surface area contributed by atoms with Crippen molar-refractivity contribution >= 4 is 5.97 Å². The highest BCUT2D eigenvalue weighted by atomic mass is 16.5. The molecule has 0 amide bonds. The summed E-state index contributed by atoms with van der Waals surface area (Å²) in [5.74, 6) is 1.41. The molecule has 1 aromatic heterocycles. The van der Waals surface area contributed by atoms with Crippen LogP contribution in [0.2, 0.25) is 0 Å². The number of methoxy groups -OCH3 is 1. The topological polar surface area (TPSA) is 65.3 Å². The fraction of sp³-hybridized carbons (Fsp3) is 0.389. The molecule has 0 aliphatic rings. The molecule has 2 aromatic rings. The maximum atomic E-state index is 11.4. The van der Waals surface area contributed by atoms with Crippen LogP contribution >= 0.6 is 0 Å². The van der Waals surface area contributed by atoms with E-state index in [1.807, 2.05) is 31.2 Å². The minimum atomic E-state index is -0.335. The van der Waals surface area contributed by atoms with E-state index < -0.39 is 0 Å². The van der Waals surface area contributed by atoms with Gasteiger partial charge in [-0.15, -0.1) is 0 Å². The summed E-state index contributed by atoms with van der Waals surface area (Å²) in [6.45, 7) is 5.42. The number of benzene rings is 1. The number of quaternary nitrogens is 1. The molecule has 5 nitrogen and oxygen atoms in total. The first-order valence-corrected chi connectivity index (χ1v) is 7.91. The molecule has 2 rings (SSSR count). The van der Waals surface area contributed by atoms with E-state index in [1.165, 1.54) is 7.11 Å². The summed E-state index contributed by atoms with van der Waals surface area (Å²) in [7, 11) is 1.37. The van der Waals surface area contributed by atoms with Crippen molar-refractivity contribution in [3.8, 4) is 11.3 Å². The van der Waals surface area contributed by atoms with Crippen LogP contribution in [0.1, 0.15) is 29.5 Å². The van der Waals surface area contributed by atoms with Crippen molar-refractivity contribution in [1.82, 2.24) is 0 Å². The normalized spacial score (nSPS) is 10.7. The maximum Gasteiger partial charge on any atom is 0.337 e. The van der Waals surface area contributed by atoms with Gasteiger partial charge in [-0.3, -0.25) is 0 Å². The molecule has 0 fully saturated rings. The highest BCUT2D eigenvalue weighted by Gasteiger charge is 2.08. The summed E-state index contributed by atoms with van der Waals surface area (Å²) in [4.78, 5) is 11.4. The first-order valence-electron chi connectivity index (χ1n) is 7.91. The predicted molar refractivity (Wildman–Crippen MR) is 87.1 cm³/mol. The second-order valence-electron chi connectivity index (χ2n) is 5.17. The molecule has 5 heteroatoms. The lowest BCUT2D eigenvalue weighted by molar-refractivity contribution is -0.672. The maximum absolute atomic E-state index is 11.4. The van der Waals surface area contributed by atoms with Gasteiger partial charge >= 0.3 is 5.97 Å². The number of rotatable bonds is 9. The van der Waals surface area contributed by atoms with Crippen molar-refractivity contribution in [3.05, 3.63) is 47.7 Å². The number of hydrogen-bond acceptors (Lipinski definition) is 4. The summed E-state index contributed by atoms with van der Waals surface area (Å²) in [6.07, 6.45) is 1.04. The van der Waals surface area contributed by atoms with Crippen LogP contribution in [-0.2, 0) is 16.0 Å². The van der Waals surface area contributed by atoms with Gasteiger partial charge < -0.3 is 19.2 Å². The first-order chi connectivity index (χ1) is 11.2. The fourth-order valence-corrected chi connectivity index (χ4v) is 2.25. The van der Waals surface area contributed by atoms with Crippen molar-refractivity contribution in [2.24, 2.45) is 0 Å². The minimum absolute atomic E-state index is 0.335. The van der Waals surface area contributed by atoms with Crippen LogP contribution in [0.5, 0.6) is 0 Å². The molecule has 0 saturated heterocycles. The standard InChI is InChI=1S/C18H23NO4/c1-3-22-12-4-11-19-13-16-9-10-17(23-16)14-5-7-15(8-6-14)18(20)21-2/h5-10,19H,3-4,11-13H2,1-2H3/p+1. The van der Waals surface area contributed by atoms with Gasteiger partial charge in [-0.1, -0.05) is 12.1 Å². The predicted octanol–water partition coefficient (Wildman–Crippen LogP) is 2.22. The number of esters is 1. The number of nitrogens with two attached hydrogens (primary N) is 1. The first kappa shape index (κ1) is 17.2. The Morgan fingerprint density at radius 2 is 1.96 bits per heavy atom. The Kier molecular flexibility index (Phi) is 6.84. The molecule has 0 radical (unpaired) electrons. The Hall–Kier alpha value is -2.11. The second-order valence-corrected chi connectivity index (χ2v) is 5.17. The Morgan fingerprint density at radius 3 is 2.65 bits per heavy atom. The van der Waals surface area contributed by atoms with Crippen LogP contribution in [0, 0.1) is 0 Å². The van der Waals surface area contributed by atoms with E-state index in [9.17, 15) is 4.79 Å². The van der Waals surface area contributed by atoms with Gasteiger partial charge in [-0.25, -0.2) is 4.79 Å². The largest absolute Gasteiger partial charge is 0.465 e. The summed E-state index contributed by atoms with van der Waals surface area (Å²) < 4.78 is 15.8. The van der Waals surface area contributed by atoms with Crippen molar-refractivity contribution in [2.45, 2.75) is 19.9 Å². The zero-order valence-corrected chi connectivity index (χ0v) is 13.7. The van der Waals surface area contributed by atoms with Gasteiger partial charge in [0.2, 0.25) is 0 Å². The summed E-state index contributed by atoms with van der Waals surface area (Å²) >= 11 is 0. The molecule has 2 N–H and O–H groups in total. The Morgan fingerprint density at radius 1 is 1.17 bits per heavy atom. The molecule has 0 aliphatic heterocycles. The summed E-state index contributed by atoms with van der Waals surface area (Å²) in [5, 5.41) is 2.21. The van der Waals surface area contributed by atoms with Gasteiger partial charge in [0.1, 0.15) is 12.3 Å². The molecule has 1 aromatic carbocycles. The third-order valence-corrected chi connectivity index (χ3v) is 3.50. The number of hydrogen-bond donors (Lipinski definition) is 1. The molecule has 0 atom stereocenters. The van der Waals surface area contributed by atoms with Gasteiger partial charge in [0.05, 0.1) is 25.8 Å². The molecule has 0 aliphatic carbocycles. The average molecular weight is 318 g/mol. The minimum Gasteiger partial charge on any atom is -0.465 e. The molecule has 0 unspecified atom stereocenters.